The first-order valence-electron chi connectivity index (χ1n) is 10.2. The Balaban J connectivity index is 1.92. The second-order valence-corrected chi connectivity index (χ2v) is 7.81. The Labute approximate surface area is 170 Å². The summed E-state index contributed by atoms with van der Waals surface area (Å²) < 4.78 is 11.4. The van der Waals surface area contributed by atoms with Crippen molar-refractivity contribution in [2.45, 2.75) is 26.5 Å². The highest BCUT2D eigenvalue weighted by atomic mass is 16.5. The predicted octanol–water partition coefficient (Wildman–Crippen LogP) is 2.08. The maximum atomic E-state index is 10.4. The lowest BCUT2D eigenvalue weighted by Crippen LogP contribution is -2.47. The predicted molar refractivity (Wildman–Crippen MR) is 114 cm³/mol. The van der Waals surface area contributed by atoms with Crippen LogP contribution >= 0.6 is 0 Å². The Kier molecular flexibility index (Phi) is 9.25. The summed E-state index contributed by atoms with van der Waals surface area (Å²) in [6, 6.07) is 6.02. The number of aliphatic hydroxyl groups is 1. The quantitative estimate of drug-likeness (QED) is 0.583. The van der Waals surface area contributed by atoms with Crippen LogP contribution in [0.3, 0.4) is 0 Å². The first-order chi connectivity index (χ1) is 13.4. The average Bonchev–Trinajstić information content (AvgIpc) is 2.67. The number of rotatable bonds is 11. The van der Waals surface area contributed by atoms with E-state index in [0.717, 1.165) is 56.9 Å². The van der Waals surface area contributed by atoms with Crippen molar-refractivity contribution in [1.82, 2.24) is 14.7 Å². The highest BCUT2D eigenvalue weighted by Crippen LogP contribution is 2.29. The van der Waals surface area contributed by atoms with E-state index in [-0.39, 0.29) is 6.61 Å². The van der Waals surface area contributed by atoms with Crippen molar-refractivity contribution in [3.63, 3.8) is 0 Å². The molecule has 2 rings (SSSR count). The minimum atomic E-state index is -0.521. The number of hydrogen-bond acceptors (Lipinski definition) is 6. The minimum absolute atomic E-state index is 0.259. The van der Waals surface area contributed by atoms with Gasteiger partial charge in [0.25, 0.3) is 0 Å². The fourth-order valence-corrected chi connectivity index (χ4v) is 3.42. The molecule has 0 saturated carbocycles. The smallest absolute Gasteiger partial charge is 0.161 e. The zero-order valence-corrected chi connectivity index (χ0v) is 18.0. The Hall–Kier alpha value is -1.60. The van der Waals surface area contributed by atoms with E-state index in [0.29, 0.717) is 18.0 Å². The van der Waals surface area contributed by atoms with Crippen molar-refractivity contribution in [1.29, 1.82) is 0 Å². The van der Waals surface area contributed by atoms with Crippen LogP contribution in [0.1, 0.15) is 19.4 Å². The number of aliphatic hydroxyl groups excluding tert-OH is 1. The van der Waals surface area contributed by atoms with E-state index in [9.17, 15) is 5.11 Å². The lowest BCUT2D eigenvalue weighted by Gasteiger charge is -2.33. The molecule has 0 aliphatic carbocycles. The SMILES string of the molecule is C=C(C)CN(CC)Cc1ccc(OC)c(OC[C@@H](O)CN2CCN(C)CC2)c1. The third-order valence-electron chi connectivity index (χ3n) is 5.07. The van der Waals surface area contributed by atoms with Gasteiger partial charge in [0, 0.05) is 45.8 Å². The van der Waals surface area contributed by atoms with Crippen LogP contribution in [0.2, 0.25) is 0 Å². The molecule has 1 aromatic rings. The van der Waals surface area contributed by atoms with Crippen LogP contribution in [0.25, 0.3) is 0 Å². The number of hydrogen-bond donors (Lipinski definition) is 1. The summed E-state index contributed by atoms with van der Waals surface area (Å²) in [6.07, 6.45) is -0.521. The summed E-state index contributed by atoms with van der Waals surface area (Å²) in [4.78, 5) is 6.93. The Morgan fingerprint density at radius 2 is 1.96 bits per heavy atom. The van der Waals surface area contributed by atoms with Crippen molar-refractivity contribution >= 4 is 0 Å². The van der Waals surface area contributed by atoms with E-state index in [1.54, 1.807) is 7.11 Å². The van der Waals surface area contributed by atoms with Gasteiger partial charge < -0.3 is 19.5 Å². The van der Waals surface area contributed by atoms with Crippen LogP contribution in [0.5, 0.6) is 11.5 Å². The second-order valence-electron chi connectivity index (χ2n) is 7.81. The van der Waals surface area contributed by atoms with E-state index in [4.69, 9.17) is 9.47 Å². The molecule has 6 nitrogen and oxygen atoms in total. The third kappa shape index (κ3) is 7.43. The first kappa shape index (κ1) is 22.7. The van der Waals surface area contributed by atoms with Gasteiger partial charge in [-0.15, -0.1) is 0 Å². The van der Waals surface area contributed by atoms with E-state index in [2.05, 4.69) is 41.3 Å². The van der Waals surface area contributed by atoms with Crippen LogP contribution < -0.4 is 9.47 Å². The third-order valence-corrected chi connectivity index (χ3v) is 5.07. The summed E-state index contributed by atoms with van der Waals surface area (Å²) in [7, 11) is 3.77. The molecule has 6 heteroatoms. The molecule has 1 N–H and O–H groups in total. The molecule has 1 fully saturated rings. The van der Waals surface area contributed by atoms with Crippen LogP contribution in [0.15, 0.2) is 30.4 Å². The summed E-state index contributed by atoms with van der Waals surface area (Å²) in [5.74, 6) is 1.38. The van der Waals surface area contributed by atoms with Crippen molar-refractivity contribution in [3.8, 4) is 11.5 Å². The number of methoxy groups -OCH3 is 1. The summed E-state index contributed by atoms with van der Waals surface area (Å²) >= 11 is 0. The summed E-state index contributed by atoms with van der Waals surface area (Å²) in [5.41, 5.74) is 2.31. The lowest BCUT2D eigenvalue weighted by atomic mass is 10.1. The van der Waals surface area contributed by atoms with Gasteiger partial charge in [-0.05, 0) is 38.2 Å². The lowest BCUT2D eigenvalue weighted by molar-refractivity contribution is 0.0497. The number of ether oxygens (including phenoxy) is 2. The maximum absolute atomic E-state index is 10.4. The molecule has 28 heavy (non-hydrogen) atoms. The van der Waals surface area contributed by atoms with Gasteiger partial charge in [0.2, 0.25) is 0 Å². The number of piperazine rings is 1. The summed E-state index contributed by atoms with van der Waals surface area (Å²) in [5, 5.41) is 10.4. The van der Waals surface area contributed by atoms with Gasteiger partial charge >= 0.3 is 0 Å². The molecular weight excluding hydrogens is 354 g/mol. The number of nitrogens with zero attached hydrogens (tertiary/aromatic N) is 3. The second kappa shape index (κ2) is 11.4. The zero-order valence-electron chi connectivity index (χ0n) is 18.0. The largest absolute Gasteiger partial charge is 0.493 e. The van der Waals surface area contributed by atoms with Crippen molar-refractivity contribution in [2.75, 3.05) is 66.6 Å². The van der Waals surface area contributed by atoms with Gasteiger partial charge in [0.15, 0.2) is 11.5 Å². The number of likely N-dealkylation sites (N-methyl/N-ethyl adjacent to an activating group) is 2. The Morgan fingerprint density at radius 1 is 1.25 bits per heavy atom. The fourth-order valence-electron chi connectivity index (χ4n) is 3.42. The molecule has 0 radical (unpaired) electrons. The van der Waals surface area contributed by atoms with Gasteiger partial charge in [0.05, 0.1) is 7.11 Å². The minimum Gasteiger partial charge on any atom is -0.493 e. The standard InChI is InChI=1S/C22H37N3O3/c1-6-24(14-18(2)3)15-19-7-8-21(27-5)22(13-19)28-17-20(26)16-25-11-9-23(4)10-12-25/h7-8,13,20,26H,2,6,9-12,14-17H2,1,3-5H3/t20-/m0/s1. The van der Waals surface area contributed by atoms with E-state index in [1.807, 2.05) is 19.1 Å². The molecule has 0 aromatic heterocycles. The molecule has 0 unspecified atom stereocenters. The van der Waals surface area contributed by atoms with E-state index in [1.165, 1.54) is 0 Å². The van der Waals surface area contributed by atoms with E-state index >= 15 is 0 Å². The topological polar surface area (TPSA) is 48.4 Å². The Morgan fingerprint density at radius 3 is 2.57 bits per heavy atom. The molecule has 1 aliphatic heterocycles. The first-order valence-corrected chi connectivity index (χ1v) is 10.2. The van der Waals surface area contributed by atoms with Gasteiger partial charge in [-0.3, -0.25) is 9.80 Å². The van der Waals surface area contributed by atoms with Crippen LogP contribution in [0, 0.1) is 0 Å². The van der Waals surface area contributed by atoms with Crippen molar-refractivity contribution < 1.29 is 14.6 Å². The van der Waals surface area contributed by atoms with Crippen LogP contribution in [-0.4, -0.2) is 92.5 Å². The molecule has 0 spiro atoms. The highest BCUT2D eigenvalue weighted by Gasteiger charge is 2.18. The fraction of sp³-hybridized carbons (Fsp3) is 0.636. The van der Waals surface area contributed by atoms with Crippen molar-refractivity contribution in [3.05, 3.63) is 35.9 Å². The molecular formula is C22H37N3O3. The van der Waals surface area contributed by atoms with Gasteiger partial charge in [-0.25, -0.2) is 0 Å². The molecule has 0 bridgehead atoms. The van der Waals surface area contributed by atoms with Gasteiger partial charge in [-0.2, -0.15) is 0 Å². The van der Waals surface area contributed by atoms with Gasteiger partial charge in [-0.1, -0.05) is 25.1 Å². The normalized spacial score (nSPS) is 16.9. The zero-order chi connectivity index (χ0) is 20.5. The molecule has 1 heterocycles. The molecule has 1 atom stereocenters. The molecule has 1 saturated heterocycles. The molecule has 1 aliphatic rings. The van der Waals surface area contributed by atoms with Crippen LogP contribution in [-0.2, 0) is 6.54 Å². The van der Waals surface area contributed by atoms with E-state index < -0.39 is 6.10 Å². The molecule has 1 aromatic carbocycles. The van der Waals surface area contributed by atoms with Gasteiger partial charge in [0.1, 0.15) is 12.7 Å². The summed E-state index contributed by atoms with van der Waals surface area (Å²) in [6.45, 7) is 15.8. The maximum Gasteiger partial charge on any atom is 0.161 e. The van der Waals surface area contributed by atoms with Crippen molar-refractivity contribution in [2.24, 2.45) is 0 Å². The number of β-amino-alcohol motifs (C(OH)–C–C–N with tert-alkyl or cyclic N) is 1. The number of benzene rings is 1. The average molecular weight is 392 g/mol. The highest BCUT2D eigenvalue weighted by molar-refractivity contribution is 5.43. The Bertz CT molecular complexity index is 615. The monoisotopic (exact) mass is 391 g/mol. The molecule has 0 amide bonds. The van der Waals surface area contributed by atoms with Crippen LogP contribution in [0.4, 0.5) is 0 Å². The molecule has 158 valence electrons.